The van der Waals surface area contributed by atoms with Crippen molar-refractivity contribution in [1.29, 1.82) is 0 Å². The van der Waals surface area contributed by atoms with E-state index in [0.29, 0.717) is 22.8 Å². The average Bonchev–Trinajstić information content (AvgIpc) is 3.15. The van der Waals surface area contributed by atoms with Gasteiger partial charge in [-0.2, -0.15) is 0 Å². The maximum Gasteiger partial charge on any atom is 0.291 e. The number of halogens is 1. The summed E-state index contributed by atoms with van der Waals surface area (Å²) in [6, 6.07) is 14.0. The molecule has 0 unspecified atom stereocenters. The Bertz CT molecular complexity index is 998. The van der Waals surface area contributed by atoms with Crippen LogP contribution in [0.1, 0.15) is 35.5 Å². The Labute approximate surface area is 183 Å². The third-order valence-corrected chi connectivity index (χ3v) is 4.44. The molecule has 2 aromatic heterocycles. The van der Waals surface area contributed by atoms with Crippen molar-refractivity contribution in [3.63, 3.8) is 0 Å². The van der Waals surface area contributed by atoms with Gasteiger partial charge in [0.25, 0.3) is 5.91 Å². The molecule has 3 rings (SSSR count). The number of anilines is 1. The Kier molecular flexibility index (Phi) is 7.24. The van der Waals surface area contributed by atoms with Gasteiger partial charge in [-0.05, 0) is 65.2 Å². The van der Waals surface area contributed by atoms with Crippen molar-refractivity contribution in [1.82, 2.24) is 10.3 Å². The number of nitrogens with one attached hydrogen (secondary N) is 2. The molecule has 0 spiro atoms. The van der Waals surface area contributed by atoms with E-state index in [1.807, 2.05) is 19.9 Å². The highest BCUT2D eigenvalue weighted by molar-refractivity contribution is 9.10. The summed E-state index contributed by atoms with van der Waals surface area (Å²) < 4.78 is 11.2. The molecule has 2 heterocycles. The van der Waals surface area contributed by atoms with Crippen LogP contribution in [0, 0.1) is 0 Å². The van der Waals surface area contributed by atoms with Gasteiger partial charge in [0, 0.05) is 24.5 Å². The van der Waals surface area contributed by atoms with Crippen LogP contribution in [0.3, 0.4) is 0 Å². The maximum absolute atomic E-state index is 12.2. The van der Waals surface area contributed by atoms with Gasteiger partial charge in [0.1, 0.15) is 0 Å². The summed E-state index contributed by atoms with van der Waals surface area (Å²) in [6.07, 6.45) is 1.99. The Balaban J connectivity index is 1.46. The third-order valence-electron chi connectivity index (χ3n) is 4.02. The van der Waals surface area contributed by atoms with Gasteiger partial charge >= 0.3 is 0 Å². The van der Waals surface area contributed by atoms with E-state index in [1.54, 1.807) is 48.7 Å². The molecule has 8 heteroatoms. The van der Waals surface area contributed by atoms with Gasteiger partial charge in [-0.25, -0.2) is 4.98 Å². The van der Waals surface area contributed by atoms with Gasteiger partial charge < -0.3 is 19.8 Å². The second-order valence-corrected chi connectivity index (χ2v) is 7.66. The SMILES string of the molecule is CC(C)Oc1ccc(CNC(=O)Cc2ccc(NC(=O)c3ccc(Br)o3)cc2)cn1. The van der Waals surface area contributed by atoms with Crippen LogP contribution in [0.5, 0.6) is 5.88 Å². The standard InChI is InChI=1S/C22H22BrN3O4/c1-14(2)29-21-10-5-16(13-25-21)12-24-20(27)11-15-3-6-17(7-4-15)26-22(28)18-8-9-19(23)30-18/h3-10,13-14H,11-12H2,1-2H3,(H,24,27)(H,26,28). The molecule has 0 saturated carbocycles. The van der Waals surface area contributed by atoms with Gasteiger partial charge in [0.2, 0.25) is 11.8 Å². The van der Waals surface area contributed by atoms with Crippen LogP contribution >= 0.6 is 15.9 Å². The fourth-order valence-electron chi connectivity index (χ4n) is 2.61. The summed E-state index contributed by atoms with van der Waals surface area (Å²) in [5.41, 5.74) is 2.35. The van der Waals surface area contributed by atoms with Crippen molar-refractivity contribution >= 4 is 33.4 Å². The number of amides is 2. The molecule has 30 heavy (non-hydrogen) atoms. The number of benzene rings is 1. The van der Waals surface area contributed by atoms with E-state index >= 15 is 0 Å². The zero-order chi connectivity index (χ0) is 21.5. The molecule has 7 nitrogen and oxygen atoms in total. The molecule has 1 aromatic carbocycles. The second-order valence-electron chi connectivity index (χ2n) is 6.88. The third kappa shape index (κ3) is 6.45. The lowest BCUT2D eigenvalue weighted by Gasteiger charge is -2.09. The summed E-state index contributed by atoms with van der Waals surface area (Å²) >= 11 is 3.16. The normalized spacial score (nSPS) is 10.7. The predicted octanol–water partition coefficient (Wildman–Crippen LogP) is 4.34. The van der Waals surface area contributed by atoms with Crippen LogP contribution in [0.4, 0.5) is 5.69 Å². The van der Waals surface area contributed by atoms with E-state index in [-0.39, 0.29) is 30.1 Å². The molecule has 0 fully saturated rings. The molecule has 0 saturated heterocycles. The van der Waals surface area contributed by atoms with E-state index < -0.39 is 0 Å². The van der Waals surface area contributed by atoms with Crippen LogP contribution in [-0.4, -0.2) is 22.9 Å². The van der Waals surface area contributed by atoms with Gasteiger partial charge in [-0.1, -0.05) is 18.2 Å². The molecule has 3 aromatic rings. The first-order valence-corrected chi connectivity index (χ1v) is 10.2. The number of rotatable bonds is 8. The minimum atomic E-state index is -0.343. The fourth-order valence-corrected chi connectivity index (χ4v) is 2.92. The number of pyridine rings is 1. The molecular weight excluding hydrogens is 450 g/mol. The first-order chi connectivity index (χ1) is 14.4. The quantitative estimate of drug-likeness (QED) is 0.509. The van der Waals surface area contributed by atoms with Crippen LogP contribution in [0.15, 0.2) is 63.8 Å². The number of furan rings is 1. The molecule has 0 aliphatic rings. The molecule has 156 valence electrons. The molecule has 0 bridgehead atoms. The van der Waals surface area contributed by atoms with Crippen LogP contribution < -0.4 is 15.4 Å². The van der Waals surface area contributed by atoms with Crippen molar-refractivity contribution in [3.05, 3.63) is 76.3 Å². The monoisotopic (exact) mass is 471 g/mol. The van der Waals surface area contributed by atoms with E-state index in [1.165, 1.54) is 0 Å². The van der Waals surface area contributed by atoms with Crippen LogP contribution in [0.25, 0.3) is 0 Å². The predicted molar refractivity (Wildman–Crippen MR) is 116 cm³/mol. The molecule has 0 aliphatic heterocycles. The summed E-state index contributed by atoms with van der Waals surface area (Å²) in [5.74, 6) is 0.329. The summed E-state index contributed by atoms with van der Waals surface area (Å²) in [4.78, 5) is 28.5. The fraction of sp³-hybridized carbons (Fsp3) is 0.227. The first-order valence-electron chi connectivity index (χ1n) is 9.43. The van der Waals surface area contributed by atoms with Crippen molar-refractivity contribution in [2.75, 3.05) is 5.32 Å². The minimum absolute atomic E-state index is 0.0649. The lowest BCUT2D eigenvalue weighted by Crippen LogP contribution is -2.24. The van der Waals surface area contributed by atoms with Crippen molar-refractivity contribution in [2.45, 2.75) is 32.9 Å². The number of hydrogen-bond donors (Lipinski definition) is 2. The van der Waals surface area contributed by atoms with E-state index in [2.05, 4.69) is 31.5 Å². The average molecular weight is 472 g/mol. The zero-order valence-electron chi connectivity index (χ0n) is 16.6. The zero-order valence-corrected chi connectivity index (χ0v) is 18.2. The van der Waals surface area contributed by atoms with Crippen LogP contribution in [-0.2, 0) is 17.8 Å². The van der Waals surface area contributed by atoms with Crippen molar-refractivity contribution in [3.8, 4) is 5.88 Å². The Morgan fingerprint density at radius 2 is 1.80 bits per heavy atom. The highest BCUT2D eigenvalue weighted by Crippen LogP contribution is 2.17. The molecular formula is C22H22BrN3O4. The summed E-state index contributed by atoms with van der Waals surface area (Å²) in [7, 11) is 0. The number of nitrogens with zero attached hydrogens (tertiary/aromatic N) is 1. The lowest BCUT2D eigenvalue weighted by atomic mass is 10.1. The van der Waals surface area contributed by atoms with E-state index in [9.17, 15) is 9.59 Å². The summed E-state index contributed by atoms with van der Waals surface area (Å²) in [6.45, 7) is 4.27. The molecule has 0 radical (unpaired) electrons. The van der Waals surface area contributed by atoms with Crippen molar-refractivity contribution < 1.29 is 18.7 Å². The number of hydrogen-bond acceptors (Lipinski definition) is 5. The molecule has 2 N–H and O–H groups in total. The molecule has 0 atom stereocenters. The molecule has 2 amide bonds. The van der Waals surface area contributed by atoms with Gasteiger partial charge in [0.05, 0.1) is 12.5 Å². The maximum atomic E-state index is 12.2. The highest BCUT2D eigenvalue weighted by atomic mass is 79.9. The highest BCUT2D eigenvalue weighted by Gasteiger charge is 2.11. The van der Waals surface area contributed by atoms with Crippen molar-refractivity contribution in [2.24, 2.45) is 0 Å². The Morgan fingerprint density at radius 3 is 2.40 bits per heavy atom. The Hall–Kier alpha value is -3.13. The number of aromatic nitrogens is 1. The number of ether oxygens (including phenoxy) is 1. The van der Waals surface area contributed by atoms with E-state index in [0.717, 1.165) is 11.1 Å². The minimum Gasteiger partial charge on any atom is -0.475 e. The largest absolute Gasteiger partial charge is 0.475 e. The summed E-state index contributed by atoms with van der Waals surface area (Å²) in [5, 5.41) is 5.62. The van der Waals surface area contributed by atoms with Crippen LogP contribution in [0.2, 0.25) is 0 Å². The number of carbonyl (C=O) groups excluding carboxylic acids is 2. The number of carbonyl (C=O) groups is 2. The topological polar surface area (TPSA) is 93.5 Å². The van der Waals surface area contributed by atoms with Gasteiger partial charge in [0.15, 0.2) is 10.4 Å². The first kappa shape index (κ1) is 21.6. The van der Waals surface area contributed by atoms with Gasteiger partial charge in [-0.3, -0.25) is 9.59 Å². The smallest absolute Gasteiger partial charge is 0.291 e. The second kappa shape index (κ2) is 10.1. The van der Waals surface area contributed by atoms with E-state index in [4.69, 9.17) is 9.15 Å². The molecule has 0 aliphatic carbocycles. The lowest BCUT2D eigenvalue weighted by molar-refractivity contribution is -0.120. The van der Waals surface area contributed by atoms with Gasteiger partial charge in [-0.15, -0.1) is 0 Å². The Morgan fingerprint density at radius 1 is 1.07 bits per heavy atom.